The number of carbonyl (C=O) groups is 1. The first kappa shape index (κ1) is 18.7. The molecule has 0 bridgehead atoms. The second-order valence-corrected chi connectivity index (χ2v) is 6.82. The third-order valence-corrected chi connectivity index (χ3v) is 4.74. The molecule has 0 radical (unpaired) electrons. The van der Waals surface area contributed by atoms with E-state index in [1.54, 1.807) is 7.11 Å². The lowest BCUT2D eigenvalue weighted by molar-refractivity contribution is -0.123. The number of methoxy groups -OCH3 is 1. The molecule has 2 atom stereocenters. The first-order valence-electron chi connectivity index (χ1n) is 8.84. The summed E-state index contributed by atoms with van der Waals surface area (Å²) in [5.41, 5.74) is 1.10. The molecule has 1 aliphatic rings. The molecular weight excluding hydrogens is 304 g/mol. The molecule has 5 nitrogen and oxygen atoms in total. The van der Waals surface area contributed by atoms with Crippen LogP contribution in [0.25, 0.3) is 0 Å². The van der Waals surface area contributed by atoms with Crippen LogP contribution in [0.3, 0.4) is 0 Å². The number of ether oxygens (including phenoxy) is 1. The van der Waals surface area contributed by atoms with Crippen molar-refractivity contribution >= 4 is 5.91 Å². The van der Waals surface area contributed by atoms with E-state index in [4.69, 9.17) is 4.74 Å². The number of likely N-dealkylation sites (tertiary alicyclic amines) is 1. The fourth-order valence-electron chi connectivity index (χ4n) is 3.14. The first-order chi connectivity index (χ1) is 11.5. The number of hydrogen-bond donors (Lipinski definition) is 2. The lowest BCUT2D eigenvalue weighted by Crippen LogP contribution is -2.38. The largest absolute Gasteiger partial charge is 0.496 e. The molecule has 2 unspecified atom stereocenters. The van der Waals surface area contributed by atoms with Crippen molar-refractivity contribution in [1.82, 2.24) is 10.2 Å². The Morgan fingerprint density at radius 3 is 2.58 bits per heavy atom. The minimum Gasteiger partial charge on any atom is -0.496 e. The molecule has 0 spiro atoms. The SMILES string of the molecule is COc1ccccc1C(CNC(=O)CC(O)C(C)C)N1CCCC1. The lowest BCUT2D eigenvalue weighted by atomic mass is 10.0. The number of para-hydroxylation sites is 1. The Morgan fingerprint density at radius 1 is 1.29 bits per heavy atom. The summed E-state index contributed by atoms with van der Waals surface area (Å²) in [6.45, 7) is 6.43. The second-order valence-electron chi connectivity index (χ2n) is 6.82. The molecule has 1 fully saturated rings. The van der Waals surface area contributed by atoms with Crippen LogP contribution in [0.2, 0.25) is 0 Å². The number of amides is 1. The van der Waals surface area contributed by atoms with Crippen LogP contribution in [0.4, 0.5) is 0 Å². The summed E-state index contributed by atoms with van der Waals surface area (Å²) in [7, 11) is 1.68. The molecule has 2 rings (SSSR count). The van der Waals surface area contributed by atoms with Crippen molar-refractivity contribution in [3.63, 3.8) is 0 Å². The summed E-state index contributed by atoms with van der Waals surface area (Å²) in [5, 5.41) is 12.9. The maximum atomic E-state index is 12.1. The zero-order chi connectivity index (χ0) is 17.5. The maximum Gasteiger partial charge on any atom is 0.222 e. The van der Waals surface area contributed by atoms with Crippen molar-refractivity contribution < 1.29 is 14.6 Å². The highest BCUT2D eigenvalue weighted by molar-refractivity contribution is 5.76. The molecule has 24 heavy (non-hydrogen) atoms. The topological polar surface area (TPSA) is 61.8 Å². The van der Waals surface area contributed by atoms with Crippen LogP contribution in [0.5, 0.6) is 5.75 Å². The van der Waals surface area contributed by atoms with Crippen LogP contribution in [0.1, 0.15) is 44.7 Å². The van der Waals surface area contributed by atoms with Crippen LogP contribution in [0, 0.1) is 5.92 Å². The average Bonchev–Trinajstić information content (AvgIpc) is 3.09. The highest BCUT2D eigenvalue weighted by Crippen LogP contribution is 2.31. The number of carbonyl (C=O) groups excluding carboxylic acids is 1. The van der Waals surface area contributed by atoms with Crippen molar-refractivity contribution in [3.05, 3.63) is 29.8 Å². The number of benzene rings is 1. The third-order valence-electron chi connectivity index (χ3n) is 4.74. The van der Waals surface area contributed by atoms with E-state index >= 15 is 0 Å². The van der Waals surface area contributed by atoms with E-state index in [0.29, 0.717) is 6.54 Å². The van der Waals surface area contributed by atoms with Gasteiger partial charge in [-0.25, -0.2) is 0 Å². The van der Waals surface area contributed by atoms with Gasteiger partial charge in [0.05, 0.1) is 25.7 Å². The maximum absolute atomic E-state index is 12.1. The molecule has 1 amide bonds. The van der Waals surface area contributed by atoms with Crippen LogP contribution >= 0.6 is 0 Å². The van der Waals surface area contributed by atoms with Crippen molar-refractivity contribution in [2.24, 2.45) is 5.92 Å². The van der Waals surface area contributed by atoms with Crippen molar-refractivity contribution in [1.29, 1.82) is 0 Å². The molecule has 0 aromatic heterocycles. The smallest absolute Gasteiger partial charge is 0.222 e. The minimum absolute atomic E-state index is 0.0827. The van der Waals surface area contributed by atoms with Gasteiger partial charge in [-0.05, 0) is 37.9 Å². The van der Waals surface area contributed by atoms with Crippen LogP contribution in [-0.4, -0.2) is 48.8 Å². The summed E-state index contributed by atoms with van der Waals surface area (Å²) in [6.07, 6.45) is 1.93. The van der Waals surface area contributed by atoms with E-state index in [9.17, 15) is 9.90 Å². The predicted octanol–water partition coefficient (Wildman–Crippen LogP) is 2.36. The van der Waals surface area contributed by atoms with E-state index in [1.165, 1.54) is 12.8 Å². The standard InChI is InChI=1S/C19H30N2O3/c1-14(2)17(22)12-19(23)20-13-16(21-10-6-7-11-21)15-8-4-5-9-18(15)24-3/h4-5,8-9,14,16-17,22H,6-7,10-13H2,1-3H3,(H,20,23). The van der Waals surface area contributed by atoms with Crippen molar-refractivity contribution in [3.8, 4) is 5.75 Å². The normalized spacial score (nSPS) is 17.7. The first-order valence-corrected chi connectivity index (χ1v) is 8.84. The van der Waals surface area contributed by atoms with E-state index in [-0.39, 0.29) is 24.3 Å². The van der Waals surface area contributed by atoms with Gasteiger partial charge in [-0.2, -0.15) is 0 Å². The van der Waals surface area contributed by atoms with Gasteiger partial charge in [0.2, 0.25) is 5.91 Å². The molecule has 1 aliphatic heterocycles. The summed E-state index contributed by atoms with van der Waals surface area (Å²) in [6, 6.07) is 8.09. The second kappa shape index (κ2) is 9.04. The van der Waals surface area contributed by atoms with E-state index in [1.807, 2.05) is 32.0 Å². The molecule has 0 aliphatic carbocycles. The highest BCUT2D eigenvalue weighted by atomic mass is 16.5. The Balaban J connectivity index is 2.06. The monoisotopic (exact) mass is 334 g/mol. The van der Waals surface area contributed by atoms with Gasteiger partial charge in [-0.1, -0.05) is 32.0 Å². The molecule has 1 aromatic carbocycles. The molecule has 1 aromatic rings. The van der Waals surface area contributed by atoms with Gasteiger partial charge in [-0.15, -0.1) is 0 Å². The quantitative estimate of drug-likeness (QED) is 0.766. The van der Waals surface area contributed by atoms with Gasteiger partial charge >= 0.3 is 0 Å². The Hall–Kier alpha value is -1.59. The molecule has 5 heteroatoms. The van der Waals surface area contributed by atoms with Gasteiger partial charge < -0.3 is 15.2 Å². The molecular formula is C19H30N2O3. The Kier molecular flexibility index (Phi) is 7.06. The number of nitrogens with zero attached hydrogens (tertiary/aromatic N) is 1. The summed E-state index contributed by atoms with van der Waals surface area (Å²) >= 11 is 0. The van der Waals surface area contributed by atoms with E-state index in [2.05, 4.69) is 16.3 Å². The summed E-state index contributed by atoms with van der Waals surface area (Å²) in [5.74, 6) is 0.834. The van der Waals surface area contributed by atoms with Gasteiger partial charge in [0.15, 0.2) is 0 Å². The van der Waals surface area contributed by atoms with Gasteiger partial charge in [0.25, 0.3) is 0 Å². The summed E-state index contributed by atoms with van der Waals surface area (Å²) in [4.78, 5) is 14.5. The number of hydrogen-bond acceptors (Lipinski definition) is 4. The Morgan fingerprint density at radius 2 is 1.96 bits per heavy atom. The average molecular weight is 334 g/mol. The zero-order valence-electron chi connectivity index (χ0n) is 15.0. The van der Waals surface area contributed by atoms with Crippen LogP contribution in [-0.2, 0) is 4.79 Å². The fourth-order valence-corrected chi connectivity index (χ4v) is 3.14. The zero-order valence-corrected chi connectivity index (χ0v) is 15.0. The number of aliphatic hydroxyl groups excluding tert-OH is 1. The van der Waals surface area contributed by atoms with Crippen molar-refractivity contribution in [2.45, 2.75) is 45.3 Å². The predicted molar refractivity (Wildman–Crippen MR) is 95.0 cm³/mol. The number of rotatable bonds is 8. The fraction of sp³-hybridized carbons (Fsp3) is 0.632. The Bertz CT molecular complexity index is 527. The highest BCUT2D eigenvalue weighted by Gasteiger charge is 2.26. The van der Waals surface area contributed by atoms with E-state index < -0.39 is 6.10 Å². The third kappa shape index (κ3) is 4.95. The summed E-state index contributed by atoms with van der Waals surface area (Å²) < 4.78 is 5.51. The molecule has 1 saturated heterocycles. The number of nitrogens with one attached hydrogen (secondary N) is 1. The lowest BCUT2D eigenvalue weighted by Gasteiger charge is -2.29. The van der Waals surface area contributed by atoms with Crippen LogP contribution < -0.4 is 10.1 Å². The van der Waals surface area contributed by atoms with Crippen molar-refractivity contribution in [2.75, 3.05) is 26.7 Å². The molecule has 1 heterocycles. The van der Waals surface area contributed by atoms with Gasteiger partial charge in [-0.3, -0.25) is 9.69 Å². The molecule has 2 N–H and O–H groups in total. The van der Waals surface area contributed by atoms with Gasteiger partial charge in [0, 0.05) is 12.1 Å². The molecule has 0 saturated carbocycles. The molecule has 134 valence electrons. The van der Waals surface area contributed by atoms with Crippen LogP contribution in [0.15, 0.2) is 24.3 Å². The van der Waals surface area contributed by atoms with E-state index in [0.717, 1.165) is 24.4 Å². The van der Waals surface area contributed by atoms with Gasteiger partial charge in [0.1, 0.15) is 5.75 Å². The number of aliphatic hydroxyl groups is 1. The Labute approximate surface area is 145 Å². The minimum atomic E-state index is -0.596.